The lowest BCUT2D eigenvalue weighted by molar-refractivity contribution is -0.124. The summed E-state index contributed by atoms with van der Waals surface area (Å²) in [5.74, 6) is -0.466. The second-order valence-corrected chi connectivity index (χ2v) is 7.22. The third-order valence-electron chi connectivity index (χ3n) is 3.42. The highest BCUT2D eigenvalue weighted by Crippen LogP contribution is 2.29. The Hall–Kier alpha value is -1.40. The minimum Gasteiger partial charge on any atom is -0.368 e. The first-order valence-electron chi connectivity index (χ1n) is 6.12. The lowest BCUT2D eigenvalue weighted by atomic mass is 9.91. The van der Waals surface area contributed by atoms with Crippen LogP contribution in [0.25, 0.3) is 0 Å². The summed E-state index contributed by atoms with van der Waals surface area (Å²) in [6.07, 6.45) is 3.21. The molecule has 6 heteroatoms. The van der Waals surface area contributed by atoms with E-state index in [0.717, 1.165) is 19.1 Å². The van der Waals surface area contributed by atoms with Gasteiger partial charge >= 0.3 is 0 Å². The Labute approximate surface area is 113 Å². The van der Waals surface area contributed by atoms with Gasteiger partial charge in [0.2, 0.25) is 5.91 Å². The van der Waals surface area contributed by atoms with Gasteiger partial charge in [-0.3, -0.25) is 10.1 Å². The van der Waals surface area contributed by atoms with Crippen LogP contribution in [0.15, 0.2) is 29.2 Å². The number of rotatable bonds is 5. The van der Waals surface area contributed by atoms with E-state index in [1.54, 1.807) is 19.1 Å². The minimum atomic E-state index is -3.23. The molecular formula is C13H18N2O3S. The van der Waals surface area contributed by atoms with E-state index < -0.39 is 21.3 Å². The molecule has 1 unspecified atom stereocenters. The predicted octanol–water partition coefficient (Wildman–Crippen LogP) is 0.543. The Bertz CT molecular complexity index is 591. The molecular weight excluding hydrogens is 264 g/mol. The molecule has 19 heavy (non-hydrogen) atoms. The van der Waals surface area contributed by atoms with Gasteiger partial charge in [0.15, 0.2) is 9.84 Å². The van der Waals surface area contributed by atoms with Crippen LogP contribution in [0.4, 0.5) is 0 Å². The first-order valence-corrected chi connectivity index (χ1v) is 8.01. The maximum absolute atomic E-state index is 11.7. The Morgan fingerprint density at radius 2 is 1.84 bits per heavy atom. The molecule has 1 saturated carbocycles. The average Bonchev–Trinajstić information content (AvgIpc) is 3.11. The van der Waals surface area contributed by atoms with Crippen molar-refractivity contribution in [2.45, 2.75) is 36.2 Å². The van der Waals surface area contributed by atoms with Crippen LogP contribution in [0.2, 0.25) is 0 Å². The zero-order valence-electron chi connectivity index (χ0n) is 11.0. The van der Waals surface area contributed by atoms with Gasteiger partial charge in [-0.25, -0.2) is 8.42 Å². The van der Waals surface area contributed by atoms with E-state index in [1.807, 2.05) is 0 Å². The highest BCUT2D eigenvalue weighted by Gasteiger charge is 2.38. The predicted molar refractivity (Wildman–Crippen MR) is 72.3 cm³/mol. The zero-order chi connectivity index (χ0) is 14.3. The molecule has 0 radical (unpaired) electrons. The van der Waals surface area contributed by atoms with Crippen LogP contribution in [-0.4, -0.2) is 26.6 Å². The van der Waals surface area contributed by atoms with Crippen molar-refractivity contribution in [3.05, 3.63) is 29.8 Å². The Balaban J connectivity index is 2.34. The van der Waals surface area contributed by atoms with Crippen LogP contribution >= 0.6 is 0 Å². The number of nitrogens with two attached hydrogens (primary N) is 1. The topological polar surface area (TPSA) is 89.3 Å². The van der Waals surface area contributed by atoms with Gasteiger partial charge in [-0.2, -0.15) is 0 Å². The molecule has 0 aliphatic heterocycles. The van der Waals surface area contributed by atoms with Gasteiger partial charge < -0.3 is 5.73 Å². The molecule has 1 amide bonds. The van der Waals surface area contributed by atoms with Crippen LogP contribution in [0.3, 0.4) is 0 Å². The fourth-order valence-corrected chi connectivity index (χ4v) is 2.60. The second kappa shape index (κ2) is 4.61. The summed E-state index contributed by atoms with van der Waals surface area (Å²) in [5.41, 5.74) is 5.20. The van der Waals surface area contributed by atoms with Gasteiger partial charge in [-0.15, -0.1) is 0 Å². The van der Waals surface area contributed by atoms with Crippen molar-refractivity contribution in [1.82, 2.24) is 5.32 Å². The Morgan fingerprint density at radius 3 is 2.21 bits per heavy atom. The second-order valence-electron chi connectivity index (χ2n) is 5.20. The monoisotopic (exact) mass is 282 g/mol. The number of amides is 1. The summed E-state index contributed by atoms with van der Waals surface area (Å²) < 4.78 is 22.8. The SMILES string of the molecule is CC(NC1CC1)(C(N)=O)c1ccc(S(C)(=O)=O)cc1. The van der Waals surface area contributed by atoms with Crippen molar-refractivity contribution < 1.29 is 13.2 Å². The summed E-state index contributed by atoms with van der Waals surface area (Å²) in [6.45, 7) is 1.73. The van der Waals surface area contributed by atoms with E-state index in [9.17, 15) is 13.2 Å². The number of carbonyl (C=O) groups excluding carboxylic acids is 1. The maximum Gasteiger partial charge on any atom is 0.242 e. The van der Waals surface area contributed by atoms with Gasteiger partial charge in [0.1, 0.15) is 5.54 Å². The molecule has 1 atom stereocenters. The van der Waals surface area contributed by atoms with E-state index in [1.165, 1.54) is 12.1 Å². The fourth-order valence-electron chi connectivity index (χ4n) is 1.97. The highest BCUT2D eigenvalue weighted by atomic mass is 32.2. The number of primary amides is 1. The summed E-state index contributed by atoms with van der Waals surface area (Å²) in [4.78, 5) is 11.9. The molecule has 5 nitrogen and oxygen atoms in total. The maximum atomic E-state index is 11.7. The van der Waals surface area contributed by atoms with Crippen LogP contribution < -0.4 is 11.1 Å². The molecule has 0 bridgehead atoms. The fraction of sp³-hybridized carbons (Fsp3) is 0.462. The van der Waals surface area contributed by atoms with Gasteiger partial charge in [-0.1, -0.05) is 12.1 Å². The normalized spacial score (nSPS) is 18.8. The number of nitrogens with one attached hydrogen (secondary N) is 1. The molecule has 1 aromatic rings. The number of hydrogen-bond donors (Lipinski definition) is 2. The molecule has 2 rings (SSSR count). The van der Waals surface area contributed by atoms with Crippen molar-refractivity contribution in [3.8, 4) is 0 Å². The lowest BCUT2D eigenvalue weighted by Crippen LogP contribution is -2.51. The summed E-state index contributed by atoms with van der Waals surface area (Å²) >= 11 is 0. The highest BCUT2D eigenvalue weighted by molar-refractivity contribution is 7.90. The zero-order valence-corrected chi connectivity index (χ0v) is 11.8. The van der Waals surface area contributed by atoms with E-state index in [0.29, 0.717) is 11.6 Å². The van der Waals surface area contributed by atoms with Crippen molar-refractivity contribution in [1.29, 1.82) is 0 Å². The molecule has 0 heterocycles. The average molecular weight is 282 g/mol. The molecule has 0 saturated heterocycles. The Morgan fingerprint density at radius 1 is 1.32 bits per heavy atom. The first kappa shape index (κ1) is 14.0. The van der Waals surface area contributed by atoms with Crippen molar-refractivity contribution in [2.75, 3.05) is 6.26 Å². The minimum absolute atomic E-state index is 0.231. The van der Waals surface area contributed by atoms with Gasteiger partial charge in [0.05, 0.1) is 4.90 Å². The van der Waals surface area contributed by atoms with Crippen molar-refractivity contribution in [3.63, 3.8) is 0 Å². The van der Waals surface area contributed by atoms with Crippen LogP contribution in [-0.2, 0) is 20.2 Å². The van der Waals surface area contributed by atoms with E-state index in [2.05, 4.69) is 5.32 Å². The number of sulfone groups is 1. The number of benzene rings is 1. The Kier molecular flexibility index (Phi) is 3.40. The van der Waals surface area contributed by atoms with Crippen LogP contribution in [0.1, 0.15) is 25.3 Å². The lowest BCUT2D eigenvalue weighted by Gasteiger charge is -2.28. The summed E-state index contributed by atoms with van der Waals surface area (Å²) in [5, 5.41) is 3.22. The summed E-state index contributed by atoms with van der Waals surface area (Å²) in [7, 11) is -3.23. The van der Waals surface area contributed by atoms with Crippen molar-refractivity contribution >= 4 is 15.7 Å². The molecule has 0 aromatic heterocycles. The van der Waals surface area contributed by atoms with E-state index >= 15 is 0 Å². The largest absolute Gasteiger partial charge is 0.368 e. The molecule has 104 valence electrons. The molecule has 1 aromatic carbocycles. The molecule has 3 N–H and O–H groups in total. The molecule has 0 spiro atoms. The van der Waals surface area contributed by atoms with Gasteiger partial charge in [0.25, 0.3) is 0 Å². The van der Waals surface area contributed by atoms with E-state index in [-0.39, 0.29) is 4.90 Å². The molecule has 1 fully saturated rings. The smallest absolute Gasteiger partial charge is 0.242 e. The summed E-state index contributed by atoms with van der Waals surface area (Å²) in [6, 6.07) is 6.58. The number of hydrogen-bond acceptors (Lipinski definition) is 4. The van der Waals surface area contributed by atoms with Crippen molar-refractivity contribution in [2.24, 2.45) is 5.73 Å². The standard InChI is InChI=1S/C13H18N2O3S/c1-13(12(14)16,15-10-5-6-10)9-3-7-11(8-4-9)19(2,17)18/h3-4,7-8,10,15H,5-6H2,1-2H3,(H2,14,16). The third kappa shape index (κ3) is 2.96. The number of carbonyl (C=O) groups is 1. The molecule has 1 aliphatic carbocycles. The third-order valence-corrected chi connectivity index (χ3v) is 4.55. The molecule has 1 aliphatic rings. The first-order chi connectivity index (χ1) is 8.73. The van der Waals surface area contributed by atoms with Gasteiger partial charge in [0, 0.05) is 12.3 Å². The van der Waals surface area contributed by atoms with Crippen LogP contribution in [0, 0.1) is 0 Å². The quantitative estimate of drug-likeness (QED) is 0.825. The van der Waals surface area contributed by atoms with Crippen LogP contribution in [0.5, 0.6) is 0 Å². The van der Waals surface area contributed by atoms with E-state index in [4.69, 9.17) is 5.73 Å². The van der Waals surface area contributed by atoms with Gasteiger partial charge in [-0.05, 0) is 37.5 Å².